The molecule has 7 nitrogen and oxygen atoms in total. The molecule has 0 saturated heterocycles. The lowest BCUT2D eigenvalue weighted by molar-refractivity contribution is -0.141. The normalized spacial score (nSPS) is 22.2. The fourth-order valence-corrected chi connectivity index (χ4v) is 2.38. The fraction of sp³-hybridized carbons (Fsp3) is 0.714. The highest BCUT2D eigenvalue weighted by molar-refractivity contribution is 5.80. The van der Waals surface area contributed by atoms with Crippen LogP contribution in [0.5, 0.6) is 0 Å². The highest BCUT2D eigenvalue weighted by Crippen LogP contribution is 2.31. The molecular weight excluding hydrogens is 274 g/mol. The van der Waals surface area contributed by atoms with Gasteiger partial charge in [-0.05, 0) is 19.3 Å². The van der Waals surface area contributed by atoms with Gasteiger partial charge in [-0.15, -0.1) is 0 Å². The average Bonchev–Trinajstić information content (AvgIpc) is 3.04. The second-order valence-electron chi connectivity index (χ2n) is 6.52. The van der Waals surface area contributed by atoms with Crippen molar-refractivity contribution in [3.63, 3.8) is 0 Å². The van der Waals surface area contributed by atoms with Crippen molar-refractivity contribution in [2.24, 2.45) is 11.8 Å². The molecule has 0 spiro atoms. The summed E-state index contributed by atoms with van der Waals surface area (Å²) in [5.41, 5.74) is -0.202. The van der Waals surface area contributed by atoms with Gasteiger partial charge in [0.25, 0.3) is 0 Å². The Morgan fingerprint density at radius 1 is 1.33 bits per heavy atom. The smallest absolute Gasteiger partial charge is 0.306 e. The lowest BCUT2D eigenvalue weighted by Crippen LogP contribution is -2.29. The Kier molecular flexibility index (Phi) is 4.29. The van der Waals surface area contributed by atoms with Gasteiger partial charge in [-0.2, -0.15) is 4.98 Å². The van der Waals surface area contributed by atoms with Gasteiger partial charge < -0.3 is 14.9 Å². The molecule has 1 fully saturated rings. The van der Waals surface area contributed by atoms with E-state index >= 15 is 0 Å². The number of aliphatic carboxylic acids is 1. The minimum Gasteiger partial charge on any atom is -0.481 e. The molecule has 1 aliphatic rings. The van der Waals surface area contributed by atoms with Gasteiger partial charge in [0, 0.05) is 11.3 Å². The molecule has 1 aliphatic carbocycles. The lowest BCUT2D eigenvalue weighted by atomic mass is 9.96. The fourth-order valence-electron chi connectivity index (χ4n) is 2.38. The van der Waals surface area contributed by atoms with E-state index in [0.717, 1.165) is 0 Å². The number of carbonyl (C=O) groups is 2. The molecule has 0 unspecified atom stereocenters. The number of carbonyl (C=O) groups excluding carboxylic acids is 1. The number of hydrogen-bond donors (Lipinski definition) is 2. The van der Waals surface area contributed by atoms with E-state index in [1.165, 1.54) is 0 Å². The van der Waals surface area contributed by atoms with Crippen molar-refractivity contribution in [3.05, 3.63) is 11.7 Å². The number of rotatable bonds is 4. The molecule has 21 heavy (non-hydrogen) atoms. The van der Waals surface area contributed by atoms with Crippen LogP contribution in [0.15, 0.2) is 4.52 Å². The van der Waals surface area contributed by atoms with Crippen LogP contribution < -0.4 is 5.32 Å². The highest BCUT2D eigenvalue weighted by Gasteiger charge is 2.33. The zero-order valence-corrected chi connectivity index (χ0v) is 12.5. The highest BCUT2D eigenvalue weighted by atomic mass is 16.5. The molecule has 7 heteroatoms. The van der Waals surface area contributed by atoms with Gasteiger partial charge in [-0.25, -0.2) is 0 Å². The molecule has 2 N–H and O–H groups in total. The maximum absolute atomic E-state index is 12.0. The van der Waals surface area contributed by atoms with Crippen LogP contribution >= 0.6 is 0 Å². The Hall–Kier alpha value is -1.92. The summed E-state index contributed by atoms with van der Waals surface area (Å²) in [6, 6.07) is 0. The maximum atomic E-state index is 12.0. The van der Waals surface area contributed by atoms with Crippen molar-refractivity contribution < 1.29 is 19.2 Å². The van der Waals surface area contributed by atoms with Crippen molar-refractivity contribution in [1.82, 2.24) is 15.5 Å². The maximum Gasteiger partial charge on any atom is 0.306 e. The molecular formula is C14H21N3O4. The van der Waals surface area contributed by atoms with E-state index in [-0.39, 0.29) is 23.8 Å². The Morgan fingerprint density at radius 2 is 2.00 bits per heavy atom. The van der Waals surface area contributed by atoms with Gasteiger partial charge in [0.1, 0.15) is 0 Å². The number of carboxylic acid groups (broad SMARTS) is 1. The van der Waals surface area contributed by atoms with E-state index < -0.39 is 11.9 Å². The molecule has 1 aromatic rings. The summed E-state index contributed by atoms with van der Waals surface area (Å²) in [6.45, 7) is 6.11. The SMILES string of the molecule is CC(C)(C)c1noc(CNC(=O)[C@H]2CC[C@@H](C(=O)O)C2)n1. The van der Waals surface area contributed by atoms with Crippen molar-refractivity contribution >= 4 is 11.9 Å². The zero-order valence-electron chi connectivity index (χ0n) is 12.5. The molecule has 0 aliphatic heterocycles. The standard InChI is InChI=1S/C14H21N3O4/c1-14(2,3)13-16-10(21-17-13)7-15-11(18)8-4-5-9(6-8)12(19)20/h8-9H,4-7H2,1-3H3,(H,15,18)(H,19,20)/t8-,9+/m0/s1. The first-order valence-electron chi connectivity index (χ1n) is 7.11. The van der Waals surface area contributed by atoms with Crippen LogP contribution in [0.2, 0.25) is 0 Å². The second-order valence-corrected chi connectivity index (χ2v) is 6.52. The van der Waals surface area contributed by atoms with E-state index in [0.29, 0.717) is 31.0 Å². The van der Waals surface area contributed by atoms with Crippen molar-refractivity contribution in [2.45, 2.75) is 52.0 Å². The Labute approximate surface area is 123 Å². The number of aromatic nitrogens is 2. The quantitative estimate of drug-likeness (QED) is 0.871. The zero-order chi connectivity index (χ0) is 15.6. The summed E-state index contributed by atoms with van der Waals surface area (Å²) in [5, 5.41) is 15.6. The number of amides is 1. The van der Waals surface area contributed by atoms with Gasteiger partial charge in [0.05, 0.1) is 12.5 Å². The Balaban J connectivity index is 1.85. The third-order valence-corrected chi connectivity index (χ3v) is 3.71. The van der Waals surface area contributed by atoms with Crippen molar-refractivity contribution in [3.8, 4) is 0 Å². The number of nitrogens with one attached hydrogen (secondary N) is 1. The largest absolute Gasteiger partial charge is 0.481 e. The monoisotopic (exact) mass is 295 g/mol. The molecule has 0 bridgehead atoms. The Bertz CT molecular complexity index is 533. The first-order chi connectivity index (χ1) is 9.77. The minimum absolute atomic E-state index is 0.144. The summed E-state index contributed by atoms with van der Waals surface area (Å²) in [6.07, 6.45) is 1.57. The van der Waals surface area contributed by atoms with Gasteiger partial charge in [-0.3, -0.25) is 9.59 Å². The minimum atomic E-state index is -0.822. The third-order valence-electron chi connectivity index (χ3n) is 3.71. The summed E-state index contributed by atoms with van der Waals surface area (Å²) in [7, 11) is 0. The third kappa shape index (κ3) is 3.80. The van der Waals surface area contributed by atoms with Crippen molar-refractivity contribution in [2.75, 3.05) is 0 Å². The van der Waals surface area contributed by atoms with E-state index in [9.17, 15) is 9.59 Å². The first-order valence-corrected chi connectivity index (χ1v) is 7.11. The van der Waals surface area contributed by atoms with Gasteiger partial charge >= 0.3 is 5.97 Å². The van der Waals surface area contributed by atoms with Crippen LogP contribution in [0.25, 0.3) is 0 Å². The molecule has 1 heterocycles. The van der Waals surface area contributed by atoms with Crippen LogP contribution in [0.1, 0.15) is 51.7 Å². The summed E-state index contributed by atoms with van der Waals surface area (Å²) >= 11 is 0. The summed E-state index contributed by atoms with van der Waals surface area (Å²) in [5.74, 6) is -0.654. The number of nitrogens with zero attached hydrogens (tertiary/aromatic N) is 2. The molecule has 2 rings (SSSR count). The molecule has 1 amide bonds. The van der Waals surface area contributed by atoms with Crippen LogP contribution in [-0.2, 0) is 21.5 Å². The summed E-state index contributed by atoms with van der Waals surface area (Å²) < 4.78 is 5.09. The topological polar surface area (TPSA) is 105 Å². The first kappa shape index (κ1) is 15.5. The van der Waals surface area contributed by atoms with Gasteiger partial charge in [-0.1, -0.05) is 25.9 Å². The van der Waals surface area contributed by atoms with Crippen molar-refractivity contribution in [1.29, 1.82) is 0 Å². The predicted octanol–water partition coefficient (Wildman–Crippen LogP) is 1.48. The summed E-state index contributed by atoms with van der Waals surface area (Å²) in [4.78, 5) is 27.1. The molecule has 116 valence electrons. The molecule has 0 radical (unpaired) electrons. The van der Waals surface area contributed by atoms with E-state index in [1.807, 2.05) is 20.8 Å². The van der Waals surface area contributed by atoms with Crippen LogP contribution in [0.4, 0.5) is 0 Å². The molecule has 1 saturated carbocycles. The van der Waals surface area contributed by atoms with Crippen LogP contribution in [0.3, 0.4) is 0 Å². The molecule has 1 aromatic heterocycles. The van der Waals surface area contributed by atoms with Gasteiger partial charge in [0.2, 0.25) is 11.8 Å². The number of hydrogen-bond acceptors (Lipinski definition) is 5. The Morgan fingerprint density at radius 3 is 2.52 bits per heavy atom. The lowest BCUT2D eigenvalue weighted by Gasteiger charge is -2.11. The van der Waals surface area contributed by atoms with E-state index in [1.54, 1.807) is 0 Å². The number of carboxylic acids is 1. The second kappa shape index (κ2) is 5.83. The van der Waals surface area contributed by atoms with E-state index in [2.05, 4.69) is 15.5 Å². The van der Waals surface area contributed by atoms with Crippen LogP contribution in [-0.4, -0.2) is 27.1 Å². The van der Waals surface area contributed by atoms with Gasteiger partial charge in [0.15, 0.2) is 5.82 Å². The average molecular weight is 295 g/mol. The van der Waals surface area contributed by atoms with E-state index in [4.69, 9.17) is 9.63 Å². The van der Waals surface area contributed by atoms with Crippen LogP contribution in [0, 0.1) is 11.8 Å². The molecule has 2 atom stereocenters. The predicted molar refractivity (Wildman–Crippen MR) is 73.3 cm³/mol. The molecule has 0 aromatic carbocycles.